The Balaban J connectivity index is 1.37. The number of amides is 1. The molecule has 0 atom stereocenters. The highest BCUT2D eigenvalue weighted by Crippen LogP contribution is 2.34. The number of ether oxygens (including phenoxy) is 1. The van der Waals surface area contributed by atoms with Crippen LogP contribution in [-0.2, 0) is 24.2 Å². The normalized spacial score (nSPS) is 13.1. The summed E-state index contributed by atoms with van der Waals surface area (Å²) < 4.78 is 11.5. The molecule has 0 bridgehead atoms. The van der Waals surface area contributed by atoms with Crippen LogP contribution in [0.25, 0.3) is 11.0 Å². The monoisotopic (exact) mass is 396 g/mol. The lowest BCUT2D eigenvalue weighted by molar-refractivity contribution is -0.384. The second-order valence-electron chi connectivity index (χ2n) is 7.00. The zero-order chi connectivity index (χ0) is 20.4. The molecule has 1 heterocycles. The van der Waals surface area contributed by atoms with Crippen LogP contribution in [0.5, 0.6) is 11.5 Å². The van der Waals surface area contributed by atoms with Gasteiger partial charge in [0.05, 0.1) is 4.92 Å². The van der Waals surface area contributed by atoms with Crippen molar-refractivity contribution in [2.45, 2.75) is 32.2 Å². The zero-order valence-electron chi connectivity index (χ0n) is 15.6. The van der Waals surface area contributed by atoms with Gasteiger partial charge < -0.3 is 19.6 Å². The van der Waals surface area contributed by atoms with Gasteiger partial charge in [-0.3, -0.25) is 14.9 Å². The summed E-state index contributed by atoms with van der Waals surface area (Å²) >= 11 is 0. The molecule has 3 aromatic rings. The Morgan fingerprint density at radius 2 is 2.03 bits per heavy atom. The van der Waals surface area contributed by atoms with E-state index < -0.39 is 10.8 Å². The molecule has 0 spiro atoms. The summed E-state index contributed by atoms with van der Waals surface area (Å²) in [5, 5.41) is 24.3. The fourth-order valence-corrected chi connectivity index (χ4v) is 3.55. The molecule has 2 N–H and O–H groups in total. The Morgan fingerprint density at radius 3 is 2.86 bits per heavy atom. The highest BCUT2D eigenvalue weighted by atomic mass is 16.6. The predicted octanol–water partition coefficient (Wildman–Crippen LogP) is 3.62. The van der Waals surface area contributed by atoms with Gasteiger partial charge in [0.2, 0.25) is 0 Å². The van der Waals surface area contributed by atoms with E-state index in [4.69, 9.17) is 9.15 Å². The molecule has 0 aliphatic heterocycles. The zero-order valence-corrected chi connectivity index (χ0v) is 15.6. The maximum Gasteiger partial charge on any atom is 0.270 e. The number of fused-ring (bicyclic) bond motifs is 3. The molecule has 1 aromatic heterocycles. The highest BCUT2D eigenvalue weighted by Gasteiger charge is 2.18. The van der Waals surface area contributed by atoms with Crippen LogP contribution in [0.1, 0.15) is 29.7 Å². The molecule has 8 heteroatoms. The number of furan rings is 1. The number of phenols is 1. The van der Waals surface area contributed by atoms with Gasteiger partial charge >= 0.3 is 0 Å². The number of phenolic OH excluding ortho intramolecular Hbond substituents is 1. The molecule has 1 aliphatic carbocycles. The van der Waals surface area contributed by atoms with Crippen molar-refractivity contribution in [1.82, 2.24) is 5.32 Å². The first kappa shape index (κ1) is 18.8. The van der Waals surface area contributed by atoms with Crippen LogP contribution in [0.2, 0.25) is 0 Å². The van der Waals surface area contributed by atoms with E-state index in [0.717, 1.165) is 42.4 Å². The Kier molecular flexibility index (Phi) is 5.07. The molecule has 0 saturated carbocycles. The first-order chi connectivity index (χ1) is 14.0. The van der Waals surface area contributed by atoms with Gasteiger partial charge in [0, 0.05) is 41.6 Å². The molecular formula is C21H20N2O6. The van der Waals surface area contributed by atoms with E-state index in [0.29, 0.717) is 5.75 Å². The summed E-state index contributed by atoms with van der Waals surface area (Å²) in [5.74, 6) is 1.09. The smallest absolute Gasteiger partial charge is 0.270 e. The number of nitro benzene ring substituents is 1. The molecular weight excluding hydrogens is 376 g/mol. The third-order valence-electron chi connectivity index (χ3n) is 5.05. The third kappa shape index (κ3) is 4.01. The van der Waals surface area contributed by atoms with Crippen molar-refractivity contribution < 1.29 is 24.0 Å². The second kappa shape index (κ2) is 7.83. The number of carbonyl (C=O) groups excluding carboxylic acids is 1. The number of aromatic hydroxyl groups is 1. The molecule has 2 aromatic carbocycles. The van der Waals surface area contributed by atoms with Gasteiger partial charge in [0.25, 0.3) is 11.6 Å². The average molecular weight is 396 g/mol. The molecule has 0 fully saturated rings. The quantitative estimate of drug-likeness (QED) is 0.486. The van der Waals surface area contributed by atoms with E-state index in [9.17, 15) is 20.0 Å². The van der Waals surface area contributed by atoms with Crippen LogP contribution in [-0.4, -0.2) is 22.5 Å². The molecule has 8 nitrogen and oxygen atoms in total. The minimum absolute atomic E-state index is 0.0377. The molecule has 0 radical (unpaired) electrons. The van der Waals surface area contributed by atoms with E-state index >= 15 is 0 Å². The number of nitro groups is 1. The fraction of sp³-hybridized carbons (Fsp3) is 0.286. The number of aryl methyl sites for hydroxylation is 2. The maximum absolute atomic E-state index is 12.1. The Labute approximate surface area is 166 Å². The van der Waals surface area contributed by atoms with Crippen LogP contribution < -0.4 is 10.1 Å². The fourth-order valence-electron chi connectivity index (χ4n) is 3.55. The van der Waals surface area contributed by atoms with E-state index in [-0.39, 0.29) is 30.2 Å². The lowest BCUT2D eigenvalue weighted by Gasteiger charge is -2.10. The van der Waals surface area contributed by atoms with Gasteiger partial charge in [-0.25, -0.2) is 0 Å². The van der Waals surface area contributed by atoms with Crippen LogP contribution in [0.15, 0.2) is 40.8 Å². The predicted molar refractivity (Wildman–Crippen MR) is 105 cm³/mol. The molecule has 0 unspecified atom stereocenters. The second-order valence-corrected chi connectivity index (χ2v) is 7.00. The molecule has 1 aliphatic rings. The van der Waals surface area contributed by atoms with E-state index in [1.807, 2.05) is 12.1 Å². The Hall–Kier alpha value is -3.55. The van der Waals surface area contributed by atoms with Crippen molar-refractivity contribution in [3.8, 4) is 11.5 Å². The van der Waals surface area contributed by atoms with Crippen LogP contribution in [0.4, 0.5) is 5.69 Å². The first-order valence-corrected chi connectivity index (χ1v) is 9.41. The minimum atomic E-state index is -0.557. The maximum atomic E-state index is 12.1. The minimum Gasteiger partial charge on any atom is -0.508 e. The van der Waals surface area contributed by atoms with E-state index in [2.05, 4.69) is 5.32 Å². The van der Waals surface area contributed by atoms with Crippen molar-refractivity contribution in [3.63, 3.8) is 0 Å². The Morgan fingerprint density at radius 1 is 1.21 bits per heavy atom. The van der Waals surface area contributed by atoms with Gasteiger partial charge in [0.1, 0.15) is 22.8 Å². The average Bonchev–Trinajstić information content (AvgIpc) is 3.09. The summed E-state index contributed by atoms with van der Waals surface area (Å²) in [7, 11) is 0. The van der Waals surface area contributed by atoms with Crippen molar-refractivity contribution in [3.05, 3.63) is 63.4 Å². The molecule has 0 saturated heterocycles. The number of hydrogen-bond donors (Lipinski definition) is 2. The number of non-ortho nitro benzene ring substituents is 1. The largest absolute Gasteiger partial charge is 0.508 e. The Bertz CT molecular complexity index is 1090. The summed E-state index contributed by atoms with van der Waals surface area (Å²) in [5.41, 5.74) is 2.16. The van der Waals surface area contributed by atoms with Gasteiger partial charge in [-0.1, -0.05) is 0 Å². The van der Waals surface area contributed by atoms with Gasteiger partial charge in [0.15, 0.2) is 6.61 Å². The summed E-state index contributed by atoms with van der Waals surface area (Å²) in [6.45, 7) is -0.245. The first-order valence-electron chi connectivity index (χ1n) is 9.41. The van der Waals surface area contributed by atoms with Crippen LogP contribution in [0.3, 0.4) is 0 Å². The summed E-state index contributed by atoms with van der Waals surface area (Å²) in [6.07, 6.45) is 4.21. The number of hydrogen-bond acceptors (Lipinski definition) is 6. The van der Waals surface area contributed by atoms with Crippen molar-refractivity contribution >= 4 is 22.6 Å². The van der Waals surface area contributed by atoms with Crippen molar-refractivity contribution in [2.24, 2.45) is 0 Å². The van der Waals surface area contributed by atoms with E-state index in [1.165, 1.54) is 23.8 Å². The van der Waals surface area contributed by atoms with Crippen LogP contribution >= 0.6 is 0 Å². The van der Waals surface area contributed by atoms with Gasteiger partial charge in [-0.05, 0) is 43.5 Å². The lowest BCUT2D eigenvalue weighted by atomic mass is 9.96. The van der Waals surface area contributed by atoms with Gasteiger partial charge in [-0.15, -0.1) is 0 Å². The third-order valence-corrected chi connectivity index (χ3v) is 5.05. The number of nitrogens with one attached hydrogen (secondary N) is 1. The van der Waals surface area contributed by atoms with Crippen molar-refractivity contribution in [2.75, 3.05) is 6.61 Å². The molecule has 29 heavy (non-hydrogen) atoms. The van der Waals surface area contributed by atoms with Gasteiger partial charge in [-0.2, -0.15) is 0 Å². The molecule has 1 amide bonds. The topological polar surface area (TPSA) is 115 Å². The van der Waals surface area contributed by atoms with Crippen LogP contribution in [0, 0.1) is 10.1 Å². The molecule has 150 valence electrons. The van der Waals surface area contributed by atoms with E-state index in [1.54, 1.807) is 6.07 Å². The molecule has 4 rings (SSSR count). The summed E-state index contributed by atoms with van der Waals surface area (Å²) in [4.78, 5) is 22.4. The number of rotatable bonds is 6. The number of benzene rings is 2. The lowest BCUT2D eigenvalue weighted by Crippen LogP contribution is -2.28. The SMILES string of the molecule is O=C(COc1ccc2oc3c(c2c1)CCCC3)NCc1cc([N+](=O)[O-])ccc1O. The van der Waals surface area contributed by atoms with Crippen molar-refractivity contribution in [1.29, 1.82) is 0 Å². The number of carbonyl (C=O) groups is 1. The highest BCUT2D eigenvalue weighted by molar-refractivity contribution is 5.84. The summed E-state index contributed by atoms with van der Waals surface area (Å²) in [6, 6.07) is 9.17. The number of nitrogens with zero attached hydrogens (tertiary/aromatic N) is 1. The standard InChI is InChI=1S/C21H20N2O6/c24-18-7-5-14(23(26)27)9-13(18)11-22-21(25)12-28-15-6-8-20-17(10-15)16-3-1-2-4-19(16)29-20/h5-10,24H,1-4,11-12H2,(H,22,25).